The van der Waals surface area contributed by atoms with Crippen LogP contribution >= 0.6 is 0 Å². The van der Waals surface area contributed by atoms with E-state index in [1.807, 2.05) is 0 Å². The molecule has 0 spiro atoms. The van der Waals surface area contributed by atoms with Crippen molar-refractivity contribution >= 4 is 6.16 Å². The molecule has 0 unspecified atom stereocenters. The van der Waals surface area contributed by atoms with E-state index in [1.54, 1.807) is 0 Å². The third-order valence-corrected chi connectivity index (χ3v) is 0. The molecule has 33 valence electrons. The quantitative estimate of drug-likeness (QED) is 0.334. The molecule has 0 amide bonds. The Bertz CT molecular complexity index is 33.8. The van der Waals surface area contributed by atoms with Gasteiger partial charge in [0.2, 0.25) is 0 Å². The van der Waals surface area contributed by atoms with Crippen LogP contribution in [0.2, 0.25) is 0 Å². The Labute approximate surface area is 88.0 Å². The van der Waals surface area contributed by atoms with Gasteiger partial charge in [-0.15, -0.1) is 0 Å². The van der Waals surface area contributed by atoms with Crippen LogP contribution in [0.1, 0.15) is 0 Å². The molecule has 0 saturated heterocycles. The maximum absolute atomic E-state index is 8.33. The average Bonchev–Trinajstić information content (AvgIpc) is 0.811. The third kappa shape index (κ3) is 52.3. The molecule has 6 heavy (non-hydrogen) atoms. The summed E-state index contributed by atoms with van der Waals surface area (Å²) in [6.07, 6.45) is -2.33. The number of hydrogen-bond acceptors (Lipinski definition) is 3. The maximum atomic E-state index is 8.33. The zero-order valence-electron chi connectivity index (χ0n) is 3.03. The molecule has 0 fully saturated rings. The summed E-state index contributed by atoms with van der Waals surface area (Å²) in [5.74, 6) is 0. The number of rotatable bonds is 0. The van der Waals surface area contributed by atoms with Crippen LogP contribution in [0.4, 0.5) is 4.79 Å². The molecule has 0 atom stereocenters. The Balaban J connectivity index is -0.0000000450. The number of hydrogen-bond donors (Lipinski definition) is 0. The van der Waals surface area contributed by atoms with Gasteiger partial charge in [-0.05, 0) is 6.16 Å². The zero-order chi connectivity index (χ0) is 3.58. The smallest absolute Gasteiger partial charge is 0.652 e. The van der Waals surface area contributed by atoms with Crippen LogP contribution in [0.25, 0.3) is 0 Å². The van der Waals surface area contributed by atoms with Crippen molar-refractivity contribution in [2.24, 2.45) is 0 Å². The molecule has 5 heteroatoms. The second-order valence-corrected chi connectivity index (χ2v) is 0.250. The summed E-state index contributed by atoms with van der Waals surface area (Å²) in [6.45, 7) is 0. The Kier molecular flexibility index (Phi) is 25.2. The van der Waals surface area contributed by atoms with Gasteiger partial charge in [-0.2, -0.15) is 0 Å². The van der Waals surface area contributed by atoms with E-state index >= 15 is 0 Å². The molecule has 1 radical (unpaired) electrons. The standard InChI is InChI=1S/CH2O3.Cu.K/c2-1(3)4;;/h(H2,2,3,4);;/q;+2;+1/p-2. The zero-order valence-corrected chi connectivity index (χ0v) is 7.09. The molecule has 0 aliphatic carbocycles. The fourth-order valence-electron chi connectivity index (χ4n) is 0. The maximum Gasteiger partial charge on any atom is 2.00 e. The van der Waals surface area contributed by atoms with E-state index in [0.717, 1.165) is 0 Å². The molecule has 0 aromatic rings. The molecule has 0 N–H and O–H groups in total. The summed E-state index contributed by atoms with van der Waals surface area (Å²) in [4.78, 5) is 8.33. The predicted octanol–water partition coefficient (Wildman–Crippen LogP) is -5.45. The van der Waals surface area contributed by atoms with Crippen molar-refractivity contribution in [2.45, 2.75) is 0 Å². The first kappa shape index (κ1) is 15.7. The Morgan fingerprint density at radius 3 is 1.33 bits per heavy atom. The van der Waals surface area contributed by atoms with Crippen molar-refractivity contribution in [1.82, 2.24) is 0 Å². The molecule has 0 aromatic heterocycles. The normalized spacial score (nSPS) is 4.00. The van der Waals surface area contributed by atoms with E-state index in [9.17, 15) is 0 Å². The van der Waals surface area contributed by atoms with Crippen LogP contribution in [-0.4, -0.2) is 6.16 Å². The van der Waals surface area contributed by atoms with Crippen LogP contribution in [0.3, 0.4) is 0 Å². The van der Waals surface area contributed by atoms with E-state index in [-0.39, 0.29) is 68.5 Å². The van der Waals surface area contributed by atoms with Crippen molar-refractivity contribution in [3.63, 3.8) is 0 Å². The van der Waals surface area contributed by atoms with Crippen LogP contribution in [-0.2, 0) is 17.1 Å². The van der Waals surface area contributed by atoms with Crippen LogP contribution in [0.15, 0.2) is 0 Å². The summed E-state index contributed by atoms with van der Waals surface area (Å²) in [6, 6.07) is 0. The second-order valence-electron chi connectivity index (χ2n) is 0.250. The number of carboxylic acid groups (broad SMARTS) is 2. The summed E-state index contributed by atoms with van der Waals surface area (Å²) in [5, 5.41) is 16.7. The summed E-state index contributed by atoms with van der Waals surface area (Å²) in [7, 11) is 0. The van der Waals surface area contributed by atoms with Gasteiger partial charge < -0.3 is 15.0 Å². The molecule has 0 aliphatic heterocycles. The Morgan fingerprint density at radius 2 is 1.33 bits per heavy atom. The van der Waals surface area contributed by atoms with Gasteiger partial charge in [0.15, 0.2) is 0 Å². The molecule has 0 aliphatic rings. The molecule has 0 rings (SSSR count). The number of carbonyl (C=O) groups is 1. The average molecular weight is 163 g/mol. The van der Waals surface area contributed by atoms with E-state index < -0.39 is 6.16 Å². The summed E-state index contributed by atoms with van der Waals surface area (Å²) >= 11 is 0. The van der Waals surface area contributed by atoms with Crippen molar-refractivity contribution in [2.75, 3.05) is 0 Å². The van der Waals surface area contributed by atoms with Gasteiger partial charge in [-0.25, -0.2) is 0 Å². The first-order valence-corrected chi connectivity index (χ1v) is 0.612. The van der Waals surface area contributed by atoms with Gasteiger partial charge in [-0.3, -0.25) is 0 Å². The van der Waals surface area contributed by atoms with Gasteiger partial charge in [0.25, 0.3) is 0 Å². The molecule has 0 heterocycles. The van der Waals surface area contributed by atoms with Gasteiger partial charge in [-0.1, -0.05) is 0 Å². The van der Waals surface area contributed by atoms with Crippen LogP contribution < -0.4 is 61.6 Å². The minimum absolute atomic E-state index is 0. The van der Waals surface area contributed by atoms with E-state index in [4.69, 9.17) is 15.0 Å². The summed E-state index contributed by atoms with van der Waals surface area (Å²) < 4.78 is 0. The van der Waals surface area contributed by atoms with Crippen LogP contribution in [0.5, 0.6) is 0 Å². The second kappa shape index (κ2) is 9.66. The van der Waals surface area contributed by atoms with Gasteiger partial charge in [0.05, 0.1) is 0 Å². The van der Waals surface area contributed by atoms with E-state index in [0.29, 0.717) is 0 Å². The van der Waals surface area contributed by atoms with Gasteiger partial charge >= 0.3 is 68.5 Å². The van der Waals surface area contributed by atoms with Crippen molar-refractivity contribution in [3.05, 3.63) is 0 Å². The SMILES string of the molecule is O=C([O-])[O-].[Cu+2].[K+]. The Hall–Kier alpha value is 1.43. The monoisotopic (exact) mass is 162 g/mol. The van der Waals surface area contributed by atoms with Crippen LogP contribution in [0, 0.1) is 0 Å². The third-order valence-electron chi connectivity index (χ3n) is 0. The molecule has 0 aromatic carbocycles. The van der Waals surface area contributed by atoms with Gasteiger partial charge in [0, 0.05) is 0 Å². The first-order chi connectivity index (χ1) is 1.73. The fourth-order valence-corrected chi connectivity index (χ4v) is 0. The van der Waals surface area contributed by atoms with E-state index in [1.165, 1.54) is 0 Å². The van der Waals surface area contributed by atoms with E-state index in [2.05, 4.69) is 0 Å². The summed E-state index contributed by atoms with van der Waals surface area (Å²) in [5.41, 5.74) is 0. The molecular weight excluding hydrogens is 163 g/mol. The number of carbonyl (C=O) groups excluding carboxylic acids is 1. The first-order valence-electron chi connectivity index (χ1n) is 0.612. The van der Waals surface area contributed by atoms with Gasteiger partial charge in [0.1, 0.15) is 0 Å². The molecule has 0 saturated carbocycles. The molecule has 3 nitrogen and oxygen atoms in total. The minimum atomic E-state index is -2.33. The van der Waals surface area contributed by atoms with Crippen molar-refractivity contribution in [3.8, 4) is 0 Å². The minimum Gasteiger partial charge on any atom is -0.652 e. The predicted molar refractivity (Wildman–Crippen MR) is 5.40 cm³/mol. The molecular formula is CCuKO3+. The molecule has 0 bridgehead atoms. The van der Waals surface area contributed by atoms with Crippen molar-refractivity contribution < 1.29 is 83.5 Å². The largest absolute Gasteiger partial charge is 2.00 e. The topological polar surface area (TPSA) is 63.2 Å². The fraction of sp³-hybridized carbons (Fsp3) is 0. The van der Waals surface area contributed by atoms with Crippen molar-refractivity contribution in [1.29, 1.82) is 0 Å². The Morgan fingerprint density at radius 1 is 1.33 bits per heavy atom.